The predicted octanol–water partition coefficient (Wildman–Crippen LogP) is 2.01. The summed E-state index contributed by atoms with van der Waals surface area (Å²) in [5.41, 5.74) is -0.654. The molecule has 0 amide bonds. The van der Waals surface area contributed by atoms with E-state index in [1.165, 1.54) is 13.0 Å². The van der Waals surface area contributed by atoms with Gasteiger partial charge in [-0.3, -0.25) is 0 Å². The number of ether oxygens (including phenoxy) is 1. The summed E-state index contributed by atoms with van der Waals surface area (Å²) in [6.07, 6.45) is 3.12. The minimum atomic E-state index is -1.58. The Morgan fingerprint density at radius 1 is 1.44 bits per heavy atom. The van der Waals surface area contributed by atoms with Crippen LogP contribution in [-0.2, 0) is 9.53 Å². The molecule has 0 heterocycles. The first-order valence-electron chi connectivity index (χ1n) is 5.20. The number of hydrogen-bond acceptors (Lipinski definition) is 3. The van der Waals surface area contributed by atoms with Gasteiger partial charge in [-0.2, -0.15) is 0 Å². The van der Waals surface area contributed by atoms with Crippen LogP contribution in [0.4, 0.5) is 0 Å². The van der Waals surface area contributed by atoms with E-state index in [-0.39, 0.29) is 6.61 Å². The van der Waals surface area contributed by atoms with E-state index in [1.54, 1.807) is 13.0 Å². The van der Waals surface area contributed by atoms with Crippen molar-refractivity contribution in [2.75, 3.05) is 6.61 Å². The molecule has 1 aromatic carbocycles. The van der Waals surface area contributed by atoms with Gasteiger partial charge in [0.2, 0.25) is 0 Å². The first-order valence-corrected chi connectivity index (χ1v) is 5.20. The summed E-state index contributed by atoms with van der Waals surface area (Å²) < 4.78 is 4.75. The molecule has 0 fully saturated rings. The number of carbonyl (C=O) groups excluding carboxylic acids is 1. The Hall–Kier alpha value is -1.61. The van der Waals surface area contributed by atoms with Crippen molar-refractivity contribution in [1.29, 1.82) is 0 Å². The van der Waals surface area contributed by atoms with E-state index in [9.17, 15) is 9.90 Å². The predicted molar refractivity (Wildman–Crippen MR) is 62.7 cm³/mol. The average Bonchev–Trinajstić information content (AvgIpc) is 2.28. The molecule has 0 aliphatic carbocycles. The summed E-state index contributed by atoms with van der Waals surface area (Å²) in [5, 5.41) is 9.81. The van der Waals surface area contributed by atoms with Crippen LogP contribution in [0.3, 0.4) is 0 Å². The third-order valence-corrected chi connectivity index (χ3v) is 2.09. The lowest BCUT2D eigenvalue weighted by molar-refractivity contribution is -0.158. The Balaban J connectivity index is 2.72. The van der Waals surface area contributed by atoms with Crippen LogP contribution in [0, 0.1) is 0 Å². The van der Waals surface area contributed by atoms with E-state index in [0.717, 1.165) is 5.56 Å². The SMILES string of the molecule is CCOC(=O)[C@](C)(O)/C=C/c1ccccc1. The monoisotopic (exact) mass is 220 g/mol. The number of carbonyl (C=O) groups is 1. The first-order chi connectivity index (χ1) is 7.56. The molecule has 3 heteroatoms. The second kappa shape index (κ2) is 5.47. The van der Waals surface area contributed by atoms with Gasteiger partial charge < -0.3 is 9.84 Å². The number of rotatable bonds is 4. The number of aliphatic hydroxyl groups is 1. The smallest absolute Gasteiger partial charge is 0.341 e. The Kier molecular flexibility index (Phi) is 4.26. The van der Waals surface area contributed by atoms with Gasteiger partial charge in [0.25, 0.3) is 0 Å². The van der Waals surface area contributed by atoms with Gasteiger partial charge in [-0.05, 0) is 25.5 Å². The molecule has 0 aliphatic rings. The third kappa shape index (κ3) is 3.51. The largest absolute Gasteiger partial charge is 0.464 e. The molecule has 1 atom stereocenters. The van der Waals surface area contributed by atoms with E-state index >= 15 is 0 Å². The minimum absolute atomic E-state index is 0.258. The van der Waals surface area contributed by atoms with Gasteiger partial charge in [0.05, 0.1) is 6.61 Å². The van der Waals surface area contributed by atoms with Gasteiger partial charge >= 0.3 is 5.97 Å². The van der Waals surface area contributed by atoms with Crippen molar-refractivity contribution < 1.29 is 14.6 Å². The summed E-state index contributed by atoms with van der Waals surface area (Å²) >= 11 is 0. The molecule has 0 saturated heterocycles. The second-order valence-electron chi connectivity index (χ2n) is 3.61. The van der Waals surface area contributed by atoms with Crippen LogP contribution in [0.2, 0.25) is 0 Å². The van der Waals surface area contributed by atoms with Crippen molar-refractivity contribution in [2.45, 2.75) is 19.4 Å². The van der Waals surface area contributed by atoms with Gasteiger partial charge in [-0.15, -0.1) is 0 Å². The fraction of sp³-hybridized carbons (Fsp3) is 0.308. The molecule has 0 radical (unpaired) electrons. The lowest BCUT2D eigenvalue weighted by Gasteiger charge is -2.16. The highest BCUT2D eigenvalue weighted by atomic mass is 16.5. The summed E-state index contributed by atoms with van der Waals surface area (Å²) in [5.74, 6) is -0.637. The molecule has 1 aromatic rings. The normalized spacial score (nSPS) is 14.7. The maximum atomic E-state index is 11.4. The molecular weight excluding hydrogens is 204 g/mol. The highest BCUT2D eigenvalue weighted by Crippen LogP contribution is 2.11. The fourth-order valence-corrected chi connectivity index (χ4v) is 1.17. The summed E-state index contributed by atoms with van der Waals surface area (Å²) in [7, 11) is 0. The molecule has 86 valence electrons. The van der Waals surface area contributed by atoms with E-state index in [0.29, 0.717) is 0 Å². The van der Waals surface area contributed by atoms with Gasteiger partial charge in [-0.1, -0.05) is 36.4 Å². The van der Waals surface area contributed by atoms with Crippen LogP contribution >= 0.6 is 0 Å². The van der Waals surface area contributed by atoms with Gasteiger partial charge in [0.1, 0.15) is 0 Å². The minimum Gasteiger partial charge on any atom is -0.464 e. The van der Waals surface area contributed by atoms with Crippen molar-refractivity contribution in [2.24, 2.45) is 0 Å². The van der Waals surface area contributed by atoms with Gasteiger partial charge in [0.15, 0.2) is 5.60 Å². The Morgan fingerprint density at radius 3 is 2.62 bits per heavy atom. The van der Waals surface area contributed by atoms with Crippen LogP contribution in [0.1, 0.15) is 19.4 Å². The molecule has 0 bridgehead atoms. The third-order valence-electron chi connectivity index (χ3n) is 2.09. The van der Waals surface area contributed by atoms with Crippen molar-refractivity contribution in [3.63, 3.8) is 0 Å². The lowest BCUT2D eigenvalue weighted by atomic mass is 10.1. The molecule has 1 rings (SSSR count). The van der Waals surface area contributed by atoms with Crippen LogP contribution < -0.4 is 0 Å². The second-order valence-corrected chi connectivity index (χ2v) is 3.61. The van der Waals surface area contributed by atoms with Crippen LogP contribution in [0.5, 0.6) is 0 Å². The van der Waals surface area contributed by atoms with Crippen LogP contribution in [0.15, 0.2) is 36.4 Å². The van der Waals surface area contributed by atoms with E-state index in [1.807, 2.05) is 30.3 Å². The maximum Gasteiger partial charge on any atom is 0.341 e. The van der Waals surface area contributed by atoms with Crippen LogP contribution in [0.25, 0.3) is 6.08 Å². The zero-order chi connectivity index (χ0) is 12.0. The Labute approximate surface area is 95.4 Å². The molecule has 1 N–H and O–H groups in total. The highest BCUT2D eigenvalue weighted by Gasteiger charge is 2.28. The Morgan fingerprint density at radius 2 is 2.06 bits per heavy atom. The lowest BCUT2D eigenvalue weighted by Crippen LogP contribution is -2.34. The Bertz CT molecular complexity index is 366. The van der Waals surface area contributed by atoms with Gasteiger partial charge in [-0.25, -0.2) is 4.79 Å². The molecule has 0 spiro atoms. The molecule has 0 aromatic heterocycles. The highest BCUT2D eigenvalue weighted by molar-refractivity contribution is 5.82. The molecule has 0 unspecified atom stereocenters. The molecule has 16 heavy (non-hydrogen) atoms. The van der Waals surface area contributed by atoms with Crippen molar-refractivity contribution in [1.82, 2.24) is 0 Å². The summed E-state index contributed by atoms with van der Waals surface area (Å²) in [6, 6.07) is 9.45. The standard InChI is InChI=1S/C13H16O3/c1-3-16-12(14)13(2,15)10-9-11-7-5-4-6-8-11/h4-10,15H,3H2,1-2H3/b10-9+/t13-/m1/s1. The number of esters is 1. The van der Waals surface area contributed by atoms with Crippen molar-refractivity contribution >= 4 is 12.0 Å². The van der Waals surface area contributed by atoms with Crippen molar-refractivity contribution in [3.05, 3.63) is 42.0 Å². The van der Waals surface area contributed by atoms with E-state index in [2.05, 4.69) is 0 Å². The first kappa shape index (κ1) is 12.5. The quantitative estimate of drug-likeness (QED) is 0.789. The molecule has 3 nitrogen and oxygen atoms in total. The topological polar surface area (TPSA) is 46.5 Å². The number of hydrogen-bond donors (Lipinski definition) is 1. The molecular formula is C13H16O3. The van der Waals surface area contributed by atoms with Gasteiger partial charge in [0, 0.05) is 0 Å². The summed E-state index contributed by atoms with van der Waals surface area (Å²) in [6.45, 7) is 3.37. The molecule has 0 aliphatic heterocycles. The number of benzene rings is 1. The zero-order valence-electron chi connectivity index (χ0n) is 9.51. The van der Waals surface area contributed by atoms with Crippen molar-refractivity contribution in [3.8, 4) is 0 Å². The van der Waals surface area contributed by atoms with Crippen LogP contribution in [-0.4, -0.2) is 23.3 Å². The maximum absolute atomic E-state index is 11.4. The summed E-state index contributed by atoms with van der Waals surface area (Å²) in [4.78, 5) is 11.4. The fourth-order valence-electron chi connectivity index (χ4n) is 1.17. The zero-order valence-corrected chi connectivity index (χ0v) is 9.51. The van der Waals surface area contributed by atoms with E-state index < -0.39 is 11.6 Å². The molecule has 0 saturated carbocycles. The van der Waals surface area contributed by atoms with E-state index in [4.69, 9.17) is 4.74 Å². The average molecular weight is 220 g/mol.